The van der Waals surface area contributed by atoms with Gasteiger partial charge in [-0.05, 0) is 31.1 Å². The first-order valence-electron chi connectivity index (χ1n) is 4.59. The molecule has 0 bridgehead atoms. The van der Waals surface area contributed by atoms with E-state index in [-0.39, 0.29) is 5.92 Å². The fraction of sp³-hybridized carbons (Fsp3) is 0.889. The molecule has 12 heavy (non-hydrogen) atoms. The molecular formula is C9H14O3. The second-order valence-corrected chi connectivity index (χ2v) is 3.79. The van der Waals surface area contributed by atoms with E-state index < -0.39 is 5.97 Å². The highest BCUT2D eigenvalue weighted by Crippen LogP contribution is 2.47. The smallest absolute Gasteiger partial charge is 0.306 e. The predicted molar refractivity (Wildman–Crippen MR) is 42.8 cm³/mol. The van der Waals surface area contributed by atoms with Crippen molar-refractivity contribution in [1.29, 1.82) is 0 Å². The molecule has 2 fully saturated rings. The second-order valence-electron chi connectivity index (χ2n) is 3.79. The third kappa shape index (κ3) is 1.46. The molecule has 1 heterocycles. The first-order valence-corrected chi connectivity index (χ1v) is 4.59. The molecule has 0 aromatic rings. The molecule has 2 atom stereocenters. The molecule has 3 nitrogen and oxygen atoms in total. The fourth-order valence-corrected chi connectivity index (χ4v) is 2.16. The first-order chi connectivity index (χ1) is 5.79. The van der Waals surface area contributed by atoms with Crippen LogP contribution in [-0.4, -0.2) is 24.3 Å². The average molecular weight is 170 g/mol. The normalized spacial score (nSPS) is 36.3. The van der Waals surface area contributed by atoms with Gasteiger partial charge in [-0.25, -0.2) is 0 Å². The van der Waals surface area contributed by atoms with E-state index in [9.17, 15) is 4.79 Å². The molecule has 1 saturated carbocycles. The Kier molecular flexibility index (Phi) is 2.05. The quantitative estimate of drug-likeness (QED) is 0.675. The number of carbonyl (C=O) groups is 1. The van der Waals surface area contributed by atoms with E-state index >= 15 is 0 Å². The van der Waals surface area contributed by atoms with Crippen LogP contribution in [0.15, 0.2) is 0 Å². The number of hydrogen-bond acceptors (Lipinski definition) is 2. The molecule has 1 N–H and O–H groups in total. The minimum atomic E-state index is -0.605. The van der Waals surface area contributed by atoms with Crippen LogP contribution in [0.3, 0.4) is 0 Å². The van der Waals surface area contributed by atoms with E-state index in [0.29, 0.717) is 11.8 Å². The zero-order chi connectivity index (χ0) is 8.55. The van der Waals surface area contributed by atoms with Gasteiger partial charge in [-0.15, -0.1) is 0 Å². The standard InChI is InChI=1S/C9H14O3/c10-9(11)8-5-7(8)6-1-3-12-4-2-6/h6-8H,1-5H2,(H,10,11). The number of aliphatic carboxylic acids is 1. The van der Waals surface area contributed by atoms with E-state index in [1.807, 2.05) is 0 Å². The van der Waals surface area contributed by atoms with Crippen molar-refractivity contribution < 1.29 is 14.6 Å². The lowest BCUT2D eigenvalue weighted by Crippen LogP contribution is -2.18. The Morgan fingerprint density at radius 1 is 1.33 bits per heavy atom. The topological polar surface area (TPSA) is 46.5 Å². The Labute approximate surface area is 71.7 Å². The largest absolute Gasteiger partial charge is 0.481 e. The summed E-state index contributed by atoms with van der Waals surface area (Å²) < 4.78 is 5.23. The van der Waals surface area contributed by atoms with Crippen molar-refractivity contribution in [3.63, 3.8) is 0 Å². The van der Waals surface area contributed by atoms with Gasteiger partial charge in [0.05, 0.1) is 5.92 Å². The van der Waals surface area contributed by atoms with Crippen molar-refractivity contribution >= 4 is 5.97 Å². The van der Waals surface area contributed by atoms with Crippen molar-refractivity contribution in [3.8, 4) is 0 Å². The Morgan fingerprint density at radius 2 is 2.00 bits per heavy atom. The van der Waals surface area contributed by atoms with Crippen LogP contribution in [0.1, 0.15) is 19.3 Å². The van der Waals surface area contributed by atoms with E-state index in [4.69, 9.17) is 9.84 Å². The first kappa shape index (κ1) is 8.05. The number of rotatable bonds is 2. The molecule has 1 aliphatic heterocycles. The van der Waals surface area contributed by atoms with Crippen LogP contribution in [-0.2, 0) is 9.53 Å². The molecule has 0 spiro atoms. The highest BCUT2D eigenvalue weighted by molar-refractivity contribution is 5.73. The van der Waals surface area contributed by atoms with Crippen LogP contribution in [0.2, 0.25) is 0 Å². The molecule has 0 radical (unpaired) electrons. The van der Waals surface area contributed by atoms with Crippen LogP contribution in [0.4, 0.5) is 0 Å². The molecule has 3 heteroatoms. The third-order valence-corrected chi connectivity index (χ3v) is 3.03. The van der Waals surface area contributed by atoms with Gasteiger partial charge < -0.3 is 9.84 Å². The zero-order valence-electron chi connectivity index (χ0n) is 7.03. The van der Waals surface area contributed by atoms with Crippen molar-refractivity contribution in [2.45, 2.75) is 19.3 Å². The van der Waals surface area contributed by atoms with Gasteiger partial charge in [-0.2, -0.15) is 0 Å². The van der Waals surface area contributed by atoms with Gasteiger partial charge in [-0.3, -0.25) is 4.79 Å². The van der Waals surface area contributed by atoms with Gasteiger partial charge in [0.25, 0.3) is 0 Å². The summed E-state index contributed by atoms with van der Waals surface area (Å²) in [5, 5.41) is 8.72. The third-order valence-electron chi connectivity index (χ3n) is 3.03. The lowest BCUT2D eigenvalue weighted by atomic mass is 9.94. The molecule has 0 aromatic carbocycles. The van der Waals surface area contributed by atoms with Crippen molar-refractivity contribution in [2.75, 3.05) is 13.2 Å². The van der Waals surface area contributed by atoms with Crippen molar-refractivity contribution in [3.05, 3.63) is 0 Å². The average Bonchev–Trinajstić information content (AvgIpc) is 2.84. The maximum absolute atomic E-state index is 10.6. The maximum atomic E-state index is 10.6. The molecule has 0 amide bonds. The monoisotopic (exact) mass is 170 g/mol. The Hall–Kier alpha value is -0.570. The van der Waals surface area contributed by atoms with E-state index in [0.717, 1.165) is 32.5 Å². The molecule has 1 aliphatic carbocycles. The highest BCUT2D eigenvalue weighted by Gasteiger charge is 2.47. The molecule has 0 aromatic heterocycles. The summed E-state index contributed by atoms with van der Waals surface area (Å²) in [6.07, 6.45) is 3.03. The molecule has 2 aliphatic rings. The fourth-order valence-electron chi connectivity index (χ4n) is 2.16. The van der Waals surface area contributed by atoms with Crippen LogP contribution in [0.25, 0.3) is 0 Å². The van der Waals surface area contributed by atoms with Gasteiger partial charge in [0.15, 0.2) is 0 Å². The summed E-state index contributed by atoms with van der Waals surface area (Å²) in [4.78, 5) is 10.6. The van der Waals surface area contributed by atoms with Gasteiger partial charge >= 0.3 is 5.97 Å². The minimum absolute atomic E-state index is 0.0342. The molecular weight excluding hydrogens is 156 g/mol. The van der Waals surface area contributed by atoms with E-state index in [2.05, 4.69) is 0 Å². The lowest BCUT2D eigenvalue weighted by molar-refractivity contribution is -0.139. The summed E-state index contributed by atoms with van der Waals surface area (Å²) in [6, 6.07) is 0. The number of carboxylic acids is 1. The molecule has 68 valence electrons. The zero-order valence-corrected chi connectivity index (χ0v) is 7.03. The van der Waals surface area contributed by atoms with E-state index in [1.54, 1.807) is 0 Å². The minimum Gasteiger partial charge on any atom is -0.481 e. The Bertz CT molecular complexity index is 184. The van der Waals surface area contributed by atoms with E-state index in [1.165, 1.54) is 0 Å². The lowest BCUT2D eigenvalue weighted by Gasteiger charge is -2.21. The van der Waals surface area contributed by atoms with Gasteiger partial charge in [0.1, 0.15) is 0 Å². The summed E-state index contributed by atoms with van der Waals surface area (Å²) in [5.74, 6) is 0.450. The highest BCUT2D eigenvalue weighted by atomic mass is 16.5. The summed E-state index contributed by atoms with van der Waals surface area (Å²) in [5.41, 5.74) is 0. The number of ether oxygens (including phenoxy) is 1. The van der Waals surface area contributed by atoms with Crippen molar-refractivity contribution in [2.24, 2.45) is 17.8 Å². The summed E-state index contributed by atoms with van der Waals surface area (Å²) >= 11 is 0. The number of hydrogen-bond donors (Lipinski definition) is 1. The second kappa shape index (κ2) is 3.05. The number of carboxylic acid groups (broad SMARTS) is 1. The predicted octanol–water partition coefficient (Wildman–Crippen LogP) is 1.13. The van der Waals surface area contributed by atoms with Gasteiger partial charge in [-0.1, -0.05) is 0 Å². The summed E-state index contributed by atoms with van der Waals surface area (Å²) in [6.45, 7) is 1.65. The molecule has 1 saturated heterocycles. The van der Waals surface area contributed by atoms with Crippen LogP contribution in [0.5, 0.6) is 0 Å². The SMILES string of the molecule is O=C(O)C1CC1C1CCOCC1. The van der Waals surface area contributed by atoms with Gasteiger partial charge in [0.2, 0.25) is 0 Å². The van der Waals surface area contributed by atoms with Crippen molar-refractivity contribution in [1.82, 2.24) is 0 Å². The Balaban J connectivity index is 1.83. The summed E-state index contributed by atoms with van der Waals surface area (Å²) in [7, 11) is 0. The van der Waals surface area contributed by atoms with Crippen LogP contribution < -0.4 is 0 Å². The van der Waals surface area contributed by atoms with Crippen LogP contribution in [0, 0.1) is 17.8 Å². The maximum Gasteiger partial charge on any atom is 0.306 e. The molecule has 2 rings (SSSR count). The molecule has 2 unspecified atom stereocenters. The Morgan fingerprint density at radius 3 is 2.50 bits per heavy atom. The van der Waals surface area contributed by atoms with Crippen LogP contribution >= 0.6 is 0 Å². The van der Waals surface area contributed by atoms with Gasteiger partial charge in [0, 0.05) is 13.2 Å².